The molecule has 2 aromatic rings. The molecule has 1 heterocycles. The topological polar surface area (TPSA) is 64.1 Å². The SMILES string of the molecule is COc1cc(Cl)nc(NC(=O)c2ccc(C)cc2Br)n1. The summed E-state index contributed by atoms with van der Waals surface area (Å²) in [5, 5.41) is 2.77. The fourth-order valence-corrected chi connectivity index (χ4v) is 2.38. The highest BCUT2D eigenvalue weighted by Crippen LogP contribution is 2.20. The summed E-state index contributed by atoms with van der Waals surface area (Å²) in [4.78, 5) is 20.1. The zero-order valence-corrected chi connectivity index (χ0v) is 13.1. The van der Waals surface area contributed by atoms with Gasteiger partial charge in [0.25, 0.3) is 5.91 Å². The van der Waals surface area contributed by atoms with E-state index < -0.39 is 0 Å². The summed E-state index contributed by atoms with van der Waals surface area (Å²) in [6.45, 7) is 1.94. The lowest BCUT2D eigenvalue weighted by Crippen LogP contribution is -2.15. The van der Waals surface area contributed by atoms with Gasteiger partial charge in [0.05, 0.1) is 12.7 Å². The Hall–Kier alpha value is -1.66. The second kappa shape index (κ2) is 6.19. The molecule has 5 nitrogen and oxygen atoms in total. The minimum absolute atomic E-state index is 0.0897. The summed E-state index contributed by atoms with van der Waals surface area (Å²) in [6.07, 6.45) is 0. The van der Waals surface area contributed by atoms with E-state index in [1.54, 1.807) is 6.07 Å². The number of ether oxygens (including phenoxy) is 1. The van der Waals surface area contributed by atoms with Crippen LogP contribution in [0.25, 0.3) is 0 Å². The Morgan fingerprint density at radius 2 is 2.10 bits per heavy atom. The number of aromatic nitrogens is 2. The van der Waals surface area contributed by atoms with Gasteiger partial charge in [-0.1, -0.05) is 17.7 Å². The van der Waals surface area contributed by atoms with Crippen LogP contribution in [0.5, 0.6) is 5.88 Å². The first kappa shape index (κ1) is 14.7. The smallest absolute Gasteiger partial charge is 0.259 e. The van der Waals surface area contributed by atoms with E-state index in [2.05, 4.69) is 31.2 Å². The monoisotopic (exact) mass is 355 g/mol. The van der Waals surface area contributed by atoms with Crippen molar-refractivity contribution in [2.75, 3.05) is 12.4 Å². The average Bonchev–Trinajstić information content (AvgIpc) is 2.37. The molecular weight excluding hydrogens is 346 g/mol. The highest BCUT2D eigenvalue weighted by atomic mass is 79.9. The summed E-state index contributed by atoms with van der Waals surface area (Å²) in [6, 6.07) is 6.88. The number of nitrogens with zero attached hydrogens (tertiary/aromatic N) is 2. The van der Waals surface area contributed by atoms with Crippen molar-refractivity contribution in [3.05, 3.63) is 45.0 Å². The van der Waals surface area contributed by atoms with Crippen LogP contribution in [0.2, 0.25) is 5.15 Å². The van der Waals surface area contributed by atoms with Crippen molar-refractivity contribution >= 4 is 39.4 Å². The quantitative estimate of drug-likeness (QED) is 0.855. The fraction of sp³-hybridized carbons (Fsp3) is 0.154. The summed E-state index contributed by atoms with van der Waals surface area (Å²) in [7, 11) is 1.46. The molecule has 0 aliphatic carbocycles. The van der Waals surface area contributed by atoms with Crippen molar-refractivity contribution < 1.29 is 9.53 Å². The first-order valence-electron chi connectivity index (χ1n) is 5.65. The molecular formula is C13H11BrClN3O2. The van der Waals surface area contributed by atoms with Crippen LogP contribution < -0.4 is 10.1 Å². The van der Waals surface area contributed by atoms with E-state index in [1.807, 2.05) is 19.1 Å². The Morgan fingerprint density at radius 1 is 1.35 bits per heavy atom. The summed E-state index contributed by atoms with van der Waals surface area (Å²) >= 11 is 9.17. The molecule has 0 unspecified atom stereocenters. The first-order chi connectivity index (χ1) is 9.49. The van der Waals surface area contributed by atoms with Crippen LogP contribution >= 0.6 is 27.5 Å². The van der Waals surface area contributed by atoms with Crippen molar-refractivity contribution in [1.82, 2.24) is 9.97 Å². The molecule has 0 fully saturated rings. The molecule has 0 bridgehead atoms. The molecule has 1 amide bonds. The van der Waals surface area contributed by atoms with Crippen molar-refractivity contribution in [3.8, 4) is 5.88 Å². The molecule has 1 aromatic heterocycles. The average molecular weight is 357 g/mol. The van der Waals surface area contributed by atoms with Crippen LogP contribution in [-0.4, -0.2) is 23.0 Å². The third-order valence-electron chi connectivity index (χ3n) is 2.48. The number of amides is 1. The fourth-order valence-electron chi connectivity index (χ4n) is 1.53. The van der Waals surface area contributed by atoms with Crippen molar-refractivity contribution in [3.63, 3.8) is 0 Å². The standard InChI is InChI=1S/C13H11BrClN3O2/c1-7-3-4-8(9(14)5-7)12(19)18-13-16-10(15)6-11(17-13)20-2/h3-6H,1-2H3,(H,16,17,18,19). The van der Waals surface area contributed by atoms with Crippen LogP contribution in [0.15, 0.2) is 28.7 Å². The van der Waals surface area contributed by atoms with E-state index in [-0.39, 0.29) is 22.9 Å². The van der Waals surface area contributed by atoms with Gasteiger partial charge in [0.15, 0.2) is 0 Å². The van der Waals surface area contributed by atoms with Gasteiger partial charge in [-0.2, -0.15) is 4.98 Å². The predicted molar refractivity (Wildman–Crippen MR) is 80.4 cm³/mol. The molecule has 20 heavy (non-hydrogen) atoms. The lowest BCUT2D eigenvalue weighted by atomic mass is 10.1. The maximum atomic E-state index is 12.2. The lowest BCUT2D eigenvalue weighted by Gasteiger charge is -2.07. The number of benzene rings is 1. The van der Waals surface area contributed by atoms with Crippen molar-refractivity contribution in [1.29, 1.82) is 0 Å². The molecule has 0 saturated heterocycles. The third-order valence-corrected chi connectivity index (χ3v) is 3.32. The number of aryl methyl sites for hydroxylation is 1. The molecule has 7 heteroatoms. The number of carbonyl (C=O) groups excluding carboxylic acids is 1. The van der Waals surface area contributed by atoms with Gasteiger partial charge in [0, 0.05) is 10.5 Å². The normalized spacial score (nSPS) is 10.2. The number of nitrogens with one attached hydrogen (secondary N) is 1. The van der Waals surface area contributed by atoms with Gasteiger partial charge < -0.3 is 4.74 Å². The Bertz CT molecular complexity index is 664. The number of halogens is 2. The number of carbonyl (C=O) groups is 1. The van der Waals surface area contributed by atoms with Gasteiger partial charge in [-0.3, -0.25) is 10.1 Å². The predicted octanol–water partition coefficient (Wildman–Crippen LogP) is 3.46. The van der Waals surface area contributed by atoms with Gasteiger partial charge in [0.1, 0.15) is 5.15 Å². The summed E-state index contributed by atoms with van der Waals surface area (Å²) in [5.41, 5.74) is 1.53. The van der Waals surface area contributed by atoms with Crippen LogP contribution in [0, 0.1) is 6.92 Å². The second-order valence-electron chi connectivity index (χ2n) is 3.99. The van der Waals surface area contributed by atoms with Crippen LogP contribution in [0.1, 0.15) is 15.9 Å². The zero-order valence-electron chi connectivity index (χ0n) is 10.8. The van der Waals surface area contributed by atoms with Crippen LogP contribution in [-0.2, 0) is 0 Å². The van der Waals surface area contributed by atoms with Gasteiger partial charge in [-0.15, -0.1) is 0 Å². The van der Waals surface area contributed by atoms with E-state index in [0.717, 1.165) is 5.56 Å². The Morgan fingerprint density at radius 3 is 2.75 bits per heavy atom. The molecule has 0 aliphatic heterocycles. The van der Waals surface area contributed by atoms with E-state index in [1.165, 1.54) is 13.2 Å². The van der Waals surface area contributed by atoms with E-state index in [0.29, 0.717) is 10.0 Å². The third kappa shape index (κ3) is 3.46. The van der Waals surface area contributed by atoms with Gasteiger partial charge in [-0.25, -0.2) is 4.98 Å². The highest BCUT2D eigenvalue weighted by molar-refractivity contribution is 9.10. The maximum absolute atomic E-state index is 12.2. The Kier molecular flexibility index (Phi) is 4.57. The number of methoxy groups -OCH3 is 1. The van der Waals surface area contributed by atoms with Crippen molar-refractivity contribution in [2.24, 2.45) is 0 Å². The minimum atomic E-state index is -0.332. The van der Waals surface area contributed by atoms with Gasteiger partial charge in [0.2, 0.25) is 11.8 Å². The molecule has 0 aliphatic rings. The van der Waals surface area contributed by atoms with Gasteiger partial charge >= 0.3 is 0 Å². The van der Waals surface area contributed by atoms with E-state index >= 15 is 0 Å². The lowest BCUT2D eigenvalue weighted by molar-refractivity contribution is 0.102. The largest absolute Gasteiger partial charge is 0.481 e. The minimum Gasteiger partial charge on any atom is -0.481 e. The number of rotatable bonds is 3. The van der Waals surface area contributed by atoms with Crippen LogP contribution in [0.3, 0.4) is 0 Å². The molecule has 0 atom stereocenters. The summed E-state index contributed by atoms with van der Waals surface area (Å²) in [5.74, 6) is 0.0382. The number of hydrogen-bond acceptors (Lipinski definition) is 4. The Balaban J connectivity index is 2.25. The highest BCUT2D eigenvalue weighted by Gasteiger charge is 2.13. The first-order valence-corrected chi connectivity index (χ1v) is 6.83. The molecule has 0 saturated carbocycles. The van der Waals surface area contributed by atoms with Crippen LogP contribution in [0.4, 0.5) is 5.95 Å². The number of anilines is 1. The molecule has 0 spiro atoms. The molecule has 0 radical (unpaired) electrons. The summed E-state index contributed by atoms with van der Waals surface area (Å²) < 4.78 is 5.66. The van der Waals surface area contributed by atoms with Gasteiger partial charge in [-0.05, 0) is 40.5 Å². The number of hydrogen-bond donors (Lipinski definition) is 1. The Labute approximate surface area is 129 Å². The molecule has 1 N–H and O–H groups in total. The second-order valence-corrected chi connectivity index (χ2v) is 5.24. The van der Waals surface area contributed by atoms with E-state index in [4.69, 9.17) is 16.3 Å². The van der Waals surface area contributed by atoms with E-state index in [9.17, 15) is 4.79 Å². The maximum Gasteiger partial charge on any atom is 0.259 e. The molecule has 1 aromatic carbocycles. The molecule has 2 rings (SSSR count). The van der Waals surface area contributed by atoms with Crippen molar-refractivity contribution in [2.45, 2.75) is 6.92 Å². The zero-order chi connectivity index (χ0) is 14.7. The molecule has 104 valence electrons.